The van der Waals surface area contributed by atoms with Crippen molar-refractivity contribution >= 4 is 15.9 Å². The lowest BCUT2D eigenvalue weighted by Gasteiger charge is -2.08. The van der Waals surface area contributed by atoms with Crippen LogP contribution in [0.4, 0.5) is 0 Å². The van der Waals surface area contributed by atoms with Crippen LogP contribution in [-0.4, -0.2) is 19.9 Å². The molecule has 0 saturated heterocycles. The van der Waals surface area contributed by atoms with Gasteiger partial charge in [0.05, 0.1) is 5.69 Å². The fourth-order valence-electron chi connectivity index (χ4n) is 2.23. The summed E-state index contributed by atoms with van der Waals surface area (Å²) in [6.45, 7) is 0. The molecule has 1 atom stereocenters. The van der Waals surface area contributed by atoms with E-state index in [0.717, 1.165) is 17.9 Å². The van der Waals surface area contributed by atoms with Gasteiger partial charge in [-0.2, -0.15) is 5.10 Å². The molecule has 0 amide bonds. The Labute approximate surface area is 120 Å². The summed E-state index contributed by atoms with van der Waals surface area (Å²) in [6.07, 6.45) is 4.65. The quantitative estimate of drug-likeness (QED) is 0.881. The van der Waals surface area contributed by atoms with Gasteiger partial charge in [-0.1, -0.05) is 6.07 Å². The lowest BCUT2D eigenvalue weighted by molar-refractivity contribution is 0.213. The van der Waals surface area contributed by atoms with Crippen molar-refractivity contribution in [2.75, 3.05) is 0 Å². The zero-order valence-corrected chi connectivity index (χ0v) is 12.3. The Bertz CT molecular complexity index is 592. The van der Waals surface area contributed by atoms with Gasteiger partial charge < -0.3 is 5.11 Å². The average Bonchev–Trinajstić information content (AvgIpc) is 3.13. The van der Waals surface area contributed by atoms with Gasteiger partial charge in [0, 0.05) is 24.5 Å². The first kappa shape index (κ1) is 12.8. The zero-order valence-electron chi connectivity index (χ0n) is 10.8. The molecule has 2 aromatic heterocycles. The highest BCUT2D eigenvalue weighted by Gasteiger charge is 2.25. The number of aliphatic hydroxyl groups excluding tert-OH is 1. The number of hydrogen-bond donors (Lipinski definition) is 1. The van der Waals surface area contributed by atoms with Crippen molar-refractivity contribution in [1.29, 1.82) is 0 Å². The highest BCUT2D eigenvalue weighted by Crippen LogP contribution is 2.33. The summed E-state index contributed by atoms with van der Waals surface area (Å²) >= 11 is 3.36. The molecule has 0 bridgehead atoms. The van der Waals surface area contributed by atoms with Crippen LogP contribution in [0, 0.1) is 5.92 Å². The average molecular weight is 322 g/mol. The normalized spacial score (nSPS) is 16.6. The highest BCUT2D eigenvalue weighted by molar-refractivity contribution is 9.10. The summed E-state index contributed by atoms with van der Waals surface area (Å²) in [5.41, 5.74) is 2.63. The Hall–Kier alpha value is -1.20. The van der Waals surface area contributed by atoms with E-state index in [1.807, 2.05) is 29.9 Å². The van der Waals surface area contributed by atoms with Crippen LogP contribution in [0.1, 0.15) is 35.9 Å². The highest BCUT2D eigenvalue weighted by atomic mass is 79.9. The van der Waals surface area contributed by atoms with Crippen molar-refractivity contribution in [3.63, 3.8) is 0 Å². The van der Waals surface area contributed by atoms with Crippen LogP contribution in [0.15, 0.2) is 29.0 Å². The molecule has 1 fully saturated rings. The molecular weight excluding hydrogens is 306 g/mol. The van der Waals surface area contributed by atoms with E-state index in [4.69, 9.17) is 0 Å². The first-order valence-electron chi connectivity index (χ1n) is 6.46. The van der Waals surface area contributed by atoms with Gasteiger partial charge in [-0.25, -0.2) is 4.98 Å². The minimum absolute atomic E-state index is 0.664. The molecule has 19 heavy (non-hydrogen) atoms. The minimum atomic E-state index is -0.734. The number of rotatable bonds is 4. The summed E-state index contributed by atoms with van der Waals surface area (Å²) in [5.74, 6) is 0.811. The molecule has 0 radical (unpaired) electrons. The second-order valence-corrected chi connectivity index (χ2v) is 5.87. The standard InChI is InChI=1S/C14H16BrN3O/c1-18-10(7-9-4-5-9)8-12(17-18)13(19)11-3-2-6-16-14(11)15/h2-3,6,8-9,13,19H,4-5,7H2,1H3. The van der Waals surface area contributed by atoms with Gasteiger partial charge in [-0.3, -0.25) is 4.68 Å². The first-order chi connectivity index (χ1) is 9.15. The van der Waals surface area contributed by atoms with Gasteiger partial charge in [-0.05, 0) is 53.2 Å². The molecule has 1 N–H and O–H groups in total. The maximum atomic E-state index is 10.4. The number of nitrogens with zero attached hydrogens (tertiary/aromatic N) is 3. The lowest BCUT2D eigenvalue weighted by Crippen LogP contribution is -2.03. The molecule has 3 rings (SSSR count). The van der Waals surface area contributed by atoms with Crippen LogP contribution in [-0.2, 0) is 13.5 Å². The van der Waals surface area contributed by atoms with Crippen molar-refractivity contribution in [2.24, 2.45) is 13.0 Å². The summed E-state index contributed by atoms with van der Waals surface area (Å²) in [7, 11) is 1.94. The predicted molar refractivity (Wildman–Crippen MR) is 75.6 cm³/mol. The van der Waals surface area contributed by atoms with E-state index in [1.165, 1.54) is 18.5 Å². The van der Waals surface area contributed by atoms with Gasteiger partial charge in [-0.15, -0.1) is 0 Å². The second-order valence-electron chi connectivity index (χ2n) is 5.12. The van der Waals surface area contributed by atoms with Crippen molar-refractivity contribution in [2.45, 2.75) is 25.4 Å². The smallest absolute Gasteiger partial charge is 0.125 e. The summed E-state index contributed by atoms with van der Waals surface area (Å²) in [4.78, 5) is 4.14. The van der Waals surface area contributed by atoms with Crippen molar-refractivity contribution in [3.8, 4) is 0 Å². The van der Waals surface area contributed by atoms with Crippen molar-refractivity contribution in [1.82, 2.24) is 14.8 Å². The van der Waals surface area contributed by atoms with Gasteiger partial charge in [0.2, 0.25) is 0 Å². The molecule has 1 unspecified atom stereocenters. The van der Waals surface area contributed by atoms with E-state index < -0.39 is 6.10 Å². The van der Waals surface area contributed by atoms with Crippen LogP contribution < -0.4 is 0 Å². The third kappa shape index (κ3) is 2.72. The molecule has 1 saturated carbocycles. The molecule has 4 nitrogen and oxygen atoms in total. The Morgan fingerprint density at radius 2 is 2.32 bits per heavy atom. The molecular formula is C14H16BrN3O. The van der Waals surface area contributed by atoms with Crippen LogP contribution in [0.2, 0.25) is 0 Å². The number of aryl methyl sites for hydroxylation is 1. The van der Waals surface area contributed by atoms with Gasteiger partial charge in [0.1, 0.15) is 10.7 Å². The predicted octanol–water partition coefficient (Wildman–Crippen LogP) is 2.61. The molecule has 5 heteroatoms. The van der Waals surface area contributed by atoms with Gasteiger partial charge >= 0.3 is 0 Å². The van der Waals surface area contributed by atoms with Crippen molar-refractivity contribution < 1.29 is 5.11 Å². The molecule has 2 aromatic rings. The molecule has 0 spiro atoms. The van der Waals surface area contributed by atoms with Gasteiger partial charge in [0.15, 0.2) is 0 Å². The maximum absolute atomic E-state index is 10.4. The number of aromatic nitrogens is 3. The minimum Gasteiger partial charge on any atom is -0.382 e. The Kier molecular flexibility index (Phi) is 3.41. The van der Waals surface area contributed by atoms with E-state index in [-0.39, 0.29) is 0 Å². The van der Waals surface area contributed by atoms with Gasteiger partial charge in [0.25, 0.3) is 0 Å². The number of hydrogen-bond acceptors (Lipinski definition) is 3. The number of halogens is 1. The Morgan fingerprint density at radius 3 is 3.00 bits per heavy atom. The van der Waals surface area contributed by atoms with Crippen LogP contribution >= 0.6 is 15.9 Å². The third-order valence-electron chi connectivity index (χ3n) is 3.55. The monoisotopic (exact) mass is 321 g/mol. The SMILES string of the molecule is Cn1nc(C(O)c2cccnc2Br)cc1CC1CC1. The second kappa shape index (κ2) is 5.06. The summed E-state index contributed by atoms with van der Waals surface area (Å²) in [6, 6.07) is 5.68. The van der Waals surface area contributed by atoms with E-state index >= 15 is 0 Å². The topological polar surface area (TPSA) is 50.9 Å². The van der Waals surface area contributed by atoms with Crippen molar-refractivity contribution in [3.05, 3.63) is 46.0 Å². The Balaban J connectivity index is 1.87. The molecule has 1 aliphatic rings. The van der Waals surface area contributed by atoms with E-state index in [0.29, 0.717) is 10.3 Å². The summed E-state index contributed by atoms with van der Waals surface area (Å²) in [5, 5.41) is 14.8. The number of pyridine rings is 1. The molecule has 0 aliphatic heterocycles. The molecule has 1 aliphatic carbocycles. The largest absolute Gasteiger partial charge is 0.382 e. The van der Waals surface area contributed by atoms with E-state index in [9.17, 15) is 5.11 Å². The van der Waals surface area contributed by atoms with Crippen LogP contribution in [0.3, 0.4) is 0 Å². The zero-order chi connectivity index (χ0) is 13.4. The van der Waals surface area contributed by atoms with E-state index in [2.05, 4.69) is 26.0 Å². The molecule has 0 aromatic carbocycles. The molecule has 2 heterocycles. The third-order valence-corrected chi connectivity index (χ3v) is 4.22. The number of aliphatic hydroxyl groups is 1. The summed E-state index contributed by atoms with van der Waals surface area (Å²) < 4.78 is 2.54. The van der Waals surface area contributed by atoms with Crippen LogP contribution in [0.5, 0.6) is 0 Å². The first-order valence-corrected chi connectivity index (χ1v) is 7.25. The van der Waals surface area contributed by atoms with E-state index in [1.54, 1.807) is 6.20 Å². The lowest BCUT2D eigenvalue weighted by atomic mass is 10.1. The fourth-order valence-corrected chi connectivity index (χ4v) is 2.70. The Morgan fingerprint density at radius 1 is 1.53 bits per heavy atom. The fraction of sp³-hybridized carbons (Fsp3) is 0.429. The maximum Gasteiger partial charge on any atom is 0.125 e. The molecule has 100 valence electrons. The van der Waals surface area contributed by atoms with Crippen LogP contribution in [0.25, 0.3) is 0 Å².